The molecule has 1 fully saturated rings. The second kappa shape index (κ2) is 9.06. The van der Waals surface area contributed by atoms with Crippen molar-refractivity contribution in [2.24, 2.45) is 5.92 Å². The summed E-state index contributed by atoms with van der Waals surface area (Å²) in [5.74, 6) is 1.85. The van der Waals surface area contributed by atoms with Crippen molar-refractivity contribution in [2.45, 2.75) is 52.1 Å². The van der Waals surface area contributed by atoms with Crippen LogP contribution in [0, 0.1) is 5.92 Å². The first kappa shape index (κ1) is 16.3. The van der Waals surface area contributed by atoms with Gasteiger partial charge in [-0.05, 0) is 30.0 Å². The number of nitrogens with one attached hydrogen (secondary N) is 1. The molecule has 0 saturated heterocycles. The van der Waals surface area contributed by atoms with Gasteiger partial charge in [-0.25, -0.2) is 0 Å². The van der Waals surface area contributed by atoms with E-state index in [2.05, 4.69) is 31.3 Å². The summed E-state index contributed by atoms with van der Waals surface area (Å²) in [4.78, 5) is 0. The maximum atomic E-state index is 5.69. The SMILES string of the molecule is CC(C)NCc1ccc(OCCOCCC2CCC2)cc1. The molecule has 0 radical (unpaired) electrons. The van der Waals surface area contributed by atoms with Crippen LogP contribution in [0.4, 0.5) is 0 Å². The summed E-state index contributed by atoms with van der Waals surface area (Å²) < 4.78 is 11.3. The zero-order valence-electron chi connectivity index (χ0n) is 13.4. The van der Waals surface area contributed by atoms with Gasteiger partial charge in [0.1, 0.15) is 12.4 Å². The second-order valence-corrected chi connectivity index (χ2v) is 6.23. The molecule has 118 valence electrons. The standard InChI is InChI=1S/C18H29NO2/c1-15(2)19-14-17-6-8-18(9-7-17)21-13-12-20-11-10-16-4-3-5-16/h6-9,15-16,19H,3-5,10-14H2,1-2H3. The van der Waals surface area contributed by atoms with E-state index in [1.807, 2.05) is 12.1 Å². The van der Waals surface area contributed by atoms with Crippen LogP contribution in [0.2, 0.25) is 0 Å². The van der Waals surface area contributed by atoms with Crippen molar-refractivity contribution in [1.29, 1.82) is 0 Å². The van der Waals surface area contributed by atoms with Gasteiger partial charge in [0.2, 0.25) is 0 Å². The quantitative estimate of drug-likeness (QED) is 0.666. The van der Waals surface area contributed by atoms with E-state index in [1.54, 1.807) is 0 Å². The molecular formula is C18H29NO2. The highest BCUT2D eigenvalue weighted by atomic mass is 16.5. The van der Waals surface area contributed by atoms with Gasteiger partial charge in [-0.15, -0.1) is 0 Å². The molecule has 1 aromatic carbocycles. The normalized spacial score (nSPS) is 15.2. The highest BCUT2D eigenvalue weighted by Gasteiger charge is 2.16. The first-order valence-electron chi connectivity index (χ1n) is 8.27. The van der Waals surface area contributed by atoms with Gasteiger partial charge in [-0.1, -0.05) is 45.2 Å². The second-order valence-electron chi connectivity index (χ2n) is 6.23. The van der Waals surface area contributed by atoms with Gasteiger partial charge < -0.3 is 14.8 Å². The van der Waals surface area contributed by atoms with Crippen molar-refractivity contribution in [3.8, 4) is 5.75 Å². The highest BCUT2D eigenvalue weighted by molar-refractivity contribution is 5.27. The summed E-state index contributed by atoms with van der Waals surface area (Å²) in [6, 6.07) is 8.81. The fourth-order valence-electron chi connectivity index (χ4n) is 2.38. The molecule has 3 heteroatoms. The van der Waals surface area contributed by atoms with Gasteiger partial charge in [0.15, 0.2) is 0 Å². The Hall–Kier alpha value is -1.06. The Bertz CT molecular complexity index is 385. The number of hydrogen-bond donors (Lipinski definition) is 1. The average Bonchev–Trinajstić information content (AvgIpc) is 2.43. The van der Waals surface area contributed by atoms with Gasteiger partial charge in [0, 0.05) is 19.2 Å². The Morgan fingerprint density at radius 3 is 2.48 bits per heavy atom. The van der Waals surface area contributed by atoms with Gasteiger partial charge in [-0.2, -0.15) is 0 Å². The summed E-state index contributed by atoms with van der Waals surface area (Å²) in [6.45, 7) is 7.42. The summed E-state index contributed by atoms with van der Waals surface area (Å²) in [5.41, 5.74) is 1.28. The Morgan fingerprint density at radius 2 is 1.86 bits per heavy atom. The van der Waals surface area contributed by atoms with E-state index in [9.17, 15) is 0 Å². The van der Waals surface area contributed by atoms with Crippen LogP contribution >= 0.6 is 0 Å². The van der Waals surface area contributed by atoms with E-state index in [0.717, 1.165) is 24.8 Å². The Morgan fingerprint density at radius 1 is 1.10 bits per heavy atom. The molecule has 0 unspecified atom stereocenters. The van der Waals surface area contributed by atoms with Crippen molar-refractivity contribution < 1.29 is 9.47 Å². The predicted octanol–water partition coefficient (Wildman–Crippen LogP) is 3.77. The van der Waals surface area contributed by atoms with Gasteiger partial charge in [0.05, 0.1) is 6.61 Å². The molecule has 0 atom stereocenters. The van der Waals surface area contributed by atoms with E-state index in [0.29, 0.717) is 19.3 Å². The third kappa shape index (κ3) is 6.49. The Kier molecular flexibility index (Phi) is 7.04. The minimum Gasteiger partial charge on any atom is -0.491 e. The minimum absolute atomic E-state index is 0.512. The molecule has 2 rings (SSSR count). The molecule has 0 heterocycles. The number of rotatable bonds is 10. The first-order valence-corrected chi connectivity index (χ1v) is 8.27. The van der Waals surface area contributed by atoms with E-state index in [4.69, 9.17) is 9.47 Å². The number of hydrogen-bond acceptors (Lipinski definition) is 3. The lowest BCUT2D eigenvalue weighted by Gasteiger charge is -2.24. The van der Waals surface area contributed by atoms with Gasteiger partial charge >= 0.3 is 0 Å². The van der Waals surface area contributed by atoms with Gasteiger partial charge in [0.25, 0.3) is 0 Å². The molecule has 21 heavy (non-hydrogen) atoms. The molecule has 0 spiro atoms. The maximum Gasteiger partial charge on any atom is 0.119 e. The summed E-state index contributed by atoms with van der Waals surface area (Å²) >= 11 is 0. The van der Waals surface area contributed by atoms with Crippen LogP contribution < -0.4 is 10.1 Å². The van der Waals surface area contributed by atoms with Crippen LogP contribution in [0.15, 0.2) is 24.3 Å². The molecule has 0 bridgehead atoms. The van der Waals surface area contributed by atoms with Crippen LogP contribution in [0.25, 0.3) is 0 Å². The van der Waals surface area contributed by atoms with Crippen LogP contribution in [0.1, 0.15) is 45.1 Å². The maximum absolute atomic E-state index is 5.69. The zero-order chi connectivity index (χ0) is 14.9. The van der Waals surface area contributed by atoms with Crippen LogP contribution in [-0.4, -0.2) is 25.9 Å². The van der Waals surface area contributed by atoms with Crippen LogP contribution in [-0.2, 0) is 11.3 Å². The Labute approximate surface area is 129 Å². The highest BCUT2D eigenvalue weighted by Crippen LogP contribution is 2.29. The third-order valence-corrected chi connectivity index (χ3v) is 4.03. The fourth-order valence-corrected chi connectivity index (χ4v) is 2.38. The minimum atomic E-state index is 0.512. The summed E-state index contributed by atoms with van der Waals surface area (Å²) in [7, 11) is 0. The van der Waals surface area contributed by atoms with E-state index < -0.39 is 0 Å². The van der Waals surface area contributed by atoms with E-state index >= 15 is 0 Å². The largest absolute Gasteiger partial charge is 0.491 e. The molecule has 1 aromatic rings. The predicted molar refractivity (Wildman–Crippen MR) is 86.7 cm³/mol. The molecule has 0 amide bonds. The van der Waals surface area contributed by atoms with Crippen LogP contribution in [0.3, 0.4) is 0 Å². The topological polar surface area (TPSA) is 30.5 Å². The van der Waals surface area contributed by atoms with Crippen molar-refractivity contribution in [3.05, 3.63) is 29.8 Å². The fraction of sp³-hybridized carbons (Fsp3) is 0.667. The molecular weight excluding hydrogens is 262 g/mol. The van der Waals surface area contributed by atoms with E-state index in [-0.39, 0.29) is 0 Å². The number of ether oxygens (including phenoxy) is 2. The molecule has 3 nitrogen and oxygen atoms in total. The molecule has 1 saturated carbocycles. The molecule has 1 N–H and O–H groups in total. The van der Waals surface area contributed by atoms with E-state index in [1.165, 1.54) is 31.2 Å². The summed E-state index contributed by atoms with van der Waals surface area (Å²) in [5, 5.41) is 3.41. The molecule has 1 aliphatic rings. The molecule has 1 aliphatic carbocycles. The number of benzene rings is 1. The lowest BCUT2D eigenvalue weighted by atomic mass is 9.83. The monoisotopic (exact) mass is 291 g/mol. The van der Waals surface area contributed by atoms with Crippen molar-refractivity contribution in [3.63, 3.8) is 0 Å². The summed E-state index contributed by atoms with van der Waals surface area (Å²) in [6.07, 6.45) is 5.43. The third-order valence-electron chi connectivity index (χ3n) is 4.03. The average molecular weight is 291 g/mol. The van der Waals surface area contributed by atoms with Crippen molar-refractivity contribution >= 4 is 0 Å². The smallest absolute Gasteiger partial charge is 0.119 e. The first-order chi connectivity index (χ1) is 10.2. The Balaban J connectivity index is 1.53. The van der Waals surface area contributed by atoms with Crippen molar-refractivity contribution in [1.82, 2.24) is 5.32 Å². The molecule has 0 aromatic heterocycles. The van der Waals surface area contributed by atoms with Crippen molar-refractivity contribution in [2.75, 3.05) is 19.8 Å². The lowest BCUT2D eigenvalue weighted by molar-refractivity contribution is 0.0812. The van der Waals surface area contributed by atoms with Crippen LogP contribution in [0.5, 0.6) is 5.75 Å². The molecule has 0 aliphatic heterocycles. The zero-order valence-corrected chi connectivity index (χ0v) is 13.4. The van der Waals surface area contributed by atoms with Gasteiger partial charge in [-0.3, -0.25) is 0 Å². The lowest BCUT2D eigenvalue weighted by Crippen LogP contribution is -2.21.